The predicted octanol–water partition coefficient (Wildman–Crippen LogP) is 2.83. The second-order valence-electron chi connectivity index (χ2n) is 4.00. The molecular formula is C11H8Cl2N2O2S. The van der Waals surface area contributed by atoms with E-state index >= 15 is 0 Å². The fourth-order valence-electron chi connectivity index (χ4n) is 2.11. The van der Waals surface area contributed by atoms with Crippen molar-refractivity contribution in [2.75, 3.05) is 17.2 Å². The van der Waals surface area contributed by atoms with Crippen molar-refractivity contribution in [2.45, 2.75) is 5.37 Å². The van der Waals surface area contributed by atoms with Gasteiger partial charge in [0.2, 0.25) is 0 Å². The van der Waals surface area contributed by atoms with Gasteiger partial charge in [0.25, 0.3) is 5.91 Å². The van der Waals surface area contributed by atoms with Gasteiger partial charge in [-0.25, -0.2) is 9.69 Å². The molecule has 1 atom stereocenters. The number of thioether (sulfide) groups is 1. The maximum atomic E-state index is 12.2. The van der Waals surface area contributed by atoms with Crippen molar-refractivity contribution in [1.82, 2.24) is 4.90 Å². The summed E-state index contributed by atoms with van der Waals surface area (Å²) < 4.78 is 0. The molecule has 4 nitrogen and oxygen atoms in total. The molecule has 3 amide bonds. The van der Waals surface area contributed by atoms with Crippen molar-refractivity contribution >= 4 is 52.6 Å². The molecule has 2 fully saturated rings. The van der Waals surface area contributed by atoms with Crippen LogP contribution in [0.1, 0.15) is 0 Å². The molecule has 1 aromatic carbocycles. The van der Waals surface area contributed by atoms with Gasteiger partial charge in [-0.2, -0.15) is 0 Å². The monoisotopic (exact) mass is 302 g/mol. The van der Waals surface area contributed by atoms with Crippen molar-refractivity contribution < 1.29 is 9.59 Å². The number of nitrogens with zero attached hydrogens (tertiary/aromatic N) is 2. The first-order chi connectivity index (χ1) is 8.58. The van der Waals surface area contributed by atoms with Gasteiger partial charge >= 0.3 is 6.03 Å². The average molecular weight is 303 g/mol. The summed E-state index contributed by atoms with van der Waals surface area (Å²) in [5, 5.41) is 0.408. The Morgan fingerprint density at radius 1 is 1.17 bits per heavy atom. The number of halogens is 2. The number of hydrogen-bond acceptors (Lipinski definition) is 3. The standard InChI is InChI=1S/C11H8Cl2N2O2S/c12-6-3-7(13)5-8(4-6)15-9(16)10-14(11(15)17)1-2-18-10/h3-5,10H,1-2H2/t10-/m0/s1. The molecule has 0 N–H and O–H groups in total. The SMILES string of the molecule is O=C1[C@@H]2SCCN2C(=O)N1c1cc(Cl)cc(Cl)c1. The highest BCUT2D eigenvalue weighted by atomic mass is 35.5. The summed E-state index contributed by atoms with van der Waals surface area (Å²) in [5.41, 5.74) is 0.428. The van der Waals surface area contributed by atoms with Gasteiger partial charge in [-0.1, -0.05) is 23.2 Å². The molecule has 0 saturated carbocycles. The van der Waals surface area contributed by atoms with Crippen molar-refractivity contribution in [3.63, 3.8) is 0 Å². The van der Waals surface area contributed by atoms with Crippen LogP contribution < -0.4 is 4.90 Å². The third-order valence-electron chi connectivity index (χ3n) is 2.87. The van der Waals surface area contributed by atoms with Crippen LogP contribution >= 0.6 is 35.0 Å². The zero-order valence-corrected chi connectivity index (χ0v) is 11.4. The number of carbonyl (C=O) groups excluding carboxylic acids is 2. The molecule has 2 aliphatic rings. The summed E-state index contributed by atoms with van der Waals surface area (Å²) >= 11 is 13.3. The van der Waals surface area contributed by atoms with Crippen molar-refractivity contribution in [1.29, 1.82) is 0 Å². The van der Waals surface area contributed by atoms with Crippen LogP contribution in [0.5, 0.6) is 0 Å². The minimum Gasteiger partial charge on any atom is -0.302 e. The molecule has 0 bridgehead atoms. The first kappa shape index (κ1) is 12.1. The van der Waals surface area contributed by atoms with E-state index < -0.39 is 5.37 Å². The highest BCUT2D eigenvalue weighted by molar-refractivity contribution is 8.00. The van der Waals surface area contributed by atoms with Crippen molar-refractivity contribution in [3.05, 3.63) is 28.2 Å². The van der Waals surface area contributed by atoms with Gasteiger partial charge < -0.3 is 4.90 Å². The second-order valence-corrected chi connectivity index (χ2v) is 6.06. The van der Waals surface area contributed by atoms with Gasteiger partial charge in [0, 0.05) is 22.3 Å². The number of fused-ring (bicyclic) bond motifs is 1. The van der Waals surface area contributed by atoms with Crippen LogP contribution in [-0.4, -0.2) is 34.5 Å². The molecule has 0 aliphatic carbocycles. The number of imide groups is 1. The Balaban J connectivity index is 2.02. The zero-order valence-electron chi connectivity index (χ0n) is 9.10. The topological polar surface area (TPSA) is 40.6 Å². The van der Waals surface area contributed by atoms with E-state index in [0.717, 1.165) is 10.7 Å². The van der Waals surface area contributed by atoms with Crippen LogP contribution in [0.4, 0.5) is 10.5 Å². The molecule has 2 aliphatic heterocycles. The number of hydrogen-bond donors (Lipinski definition) is 0. The Labute approximate surface area is 118 Å². The van der Waals surface area contributed by atoms with E-state index in [1.165, 1.54) is 11.8 Å². The van der Waals surface area contributed by atoms with E-state index in [2.05, 4.69) is 0 Å². The lowest BCUT2D eigenvalue weighted by Gasteiger charge is -2.15. The Morgan fingerprint density at radius 3 is 2.44 bits per heavy atom. The molecule has 7 heteroatoms. The van der Waals surface area contributed by atoms with E-state index in [0.29, 0.717) is 22.3 Å². The van der Waals surface area contributed by atoms with E-state index in [-0.39, 0.29) is 11.9 Å². The highest BCUT2D eigenvalue weighted by Gasteiger charge is 2.48. The summed E-state index contributed by atoms with van der Waals surface area (Å²) in [6, 6.07) is 4.40. The molecule has 1 aromatic rings. The third kappa shape index (κ3) is 1.77. The van der Waals surface area contributed by atoms with Gasteiger partial charge in [-0.15, -0.1) is 11.8 Å². The van der Waals surface area contributed by atoms with Crippen LogP contribution in [0.3, 0.4) is 0 Å². The first-order valence-corrected chi connectivity index (χ1v) is 7.10. The molecule has 94 valence electrons. The minimum atomic E-state index is -0.393. The van der Waals surface area contributed by atoms with Crippen LogP contribution in [0.15, 0.2) is 18.2 Å². The first-order valence-electron chi connectivity index (χ1n) is 5.30. The molecule has 0 radical (unpaired) electrons. The smallest absolute Gasteiger partial charge is 0.302 e. The molecular weight excluding hydrogens is 295 g/mol. The van der Waals surface area contributed by atoms with E-state index in [4.69, 9.17) is 23.2 Å². The van der Waals surface area contributed by atoms with Crippen LogP contribution in [0.2, 0.25) is 10.0 Å². The summed E-state index contributed by atoms with van der Waals surface area (Å²) in [7, 11) is 0. The maximum absolute atomic E-state index is 12.2. The number of amides is 3. The quantitative estimate of drug-likeness (QED) is 0.749. The van der Waals surface area contributed by atoms with E-state index in [1.54, 1.807) is 23.1 Å². The average Bonchev–Trinajstić information content (AvgIpc) is 2.83. The summed E-state index contributed by atoms with van der Waals surface area (Å²) in [6.45, 7) is 0.602. The lowest BCUT2D eigenvalue weighted by atomic mass is 10.3. The fraction of sp³-hybridized carbons (Fsp3) is 0.273. The molecule has 18 heavy (non-hydrogen) atoms. The summed E-state index contributed by atoms with van der Waals surface area (Å²) in [4.78, 5) is 27.0. The van der Waals surface area contributed by atoms with Gasteiger partial charge in [0.05, 0.1) is 5.69 Å². The maximum Gasteiger partial charge on any atom is 0.332 e. The Kier molecular flexibility index (Phi) is 2.92. The summed E-state index contributed by atoms with van der Waals surface area (Å²) in [6.07, 6.45) is 0. The lowest BCUT2D eigenvalue weighted by Crippen LogP contribution is -2.33. The van der Waals surface area contributed by atoms with Crippen LogP contribution in [0.25, 0.3) is 0 Å². The Morgan fingerprint density at radius 2 is 1.83 bits per heavy atom. The second kappa shape index (κ2) is 4.33. The molecule has 3 rings (SSSR count). The fourth-order valence-corrected chi connectivity index (χ4v) is 3.77. The third-order valence-corrected chi connectivity index (χ3v) is 4.49. The van der Waals surface area contributed by atoms with E-state index in [9.17, 15) is 9.59 Å². The largest absolute Gasteiger partial charge is 0.332 e. The zero-order chi connectivity index (χ0) is 12.9. The predicted molar refractivity (Wildman–Crippen MR) is 72.3 cm³/mol. The van der Waals surface area contributed by atoms with Gasteiger partial charge in [0.1, 0.15) is 0 Å². The molecule has 2 saturated heterocycles. The molecule has 0 aromatic heterocycles. The number of anilines is 1. The molecule has 0 spiro atoms. The number of benzene rings is 1. The van der Waals surface area contributed by atoms with Crippen LogP contribution in [-0.2, 0) is 4.79 Å². The van der Waals surface area contributed by atoms with Crippen molar-refractivity contribution in [3.8, 4) is 0 Å². The normalized spacial score (nSPS) is 22.9. The van der Waals surface area contributed by atoms with Crippen molar-refractivity contribution in [2.24, 2.45) is 0 Å². The van der Waals surface area contributed by atoms with Gasteiger partial charge in [0.15, 0.2) is 5.37 Å². The molecule has 2 heterocycles. The van der Waals surface area contributed by atoms with Gasteiger partial charge in [-0.3, -0.25) is 4.79 Å². The summed E-state index contributed by atoms with van der Waals surface area (Å²) in [5.74, 6) is 0.576. The number of carbonyl (C=O) groups is 2. The minimum absolute atomic E-state index is 0.221. The van der Waals surface area contributed by atoms with E-state index in [1.807, 2.05) is 0 Å². The number of rotatable bonds is 1. The van der Waals surface area contributed by atoms with Gasteiger partial charge in [-0.05, 0) is 18.2 Å². The molecule has 0 unspecified atom stereocenters. The highest BCUT2D eigenvalue weighted by Crippen LogP contribution is 2.36. The Hall–Kier alpha value is -0.910. The van der Waals surface area contributed by atoms with Crippen LogP contribution in [0, 0.1) is 0 Å². The Bertz CT molecular complexity index is 510. The lowest BCUT2D eigenvalue weighted by molar-refractivity contribution is -0.117. The number of urea groups is 1.